The van der Waals surface area contributed by atoms with Gasteiger partial charge in [0.2, 0.25) is 8.32 Å². The average molecular weight is 309 g/mol. The molecule has 0 bridgehead atoms. The second kappa shape index (κ2) is 9.66. The van der Waals surface area contributed by atoms with Crippen molar-refractivity contribution >= 4 is 24.2 Å². The Kier molecular flexibility index (Phi) is 10.1. The number of rotatable bonds is 10. The van der Waals surface area contributed by atoms with E-state index in [0.717, 1.165) is 6.61 Å². The van der Waals surface area contributed by atoms with Gasteiger partial charge in [0.25, 0.3) is 0 Å². The van der Waals surface area contributed by atoms with E-state index in [4.69, 9.17) is 4.43 Å². The molecule has 0 spiro atoms. The van der Waals surface area contributed by atoms with E-state index in [1.54, 1.807) is 0 Å². The lowest BCUT2D eigenvalue weighted by molar-refractivity contribution is 0.287. The quantitative estimate of drug-likeness (QED) is 0.303. The van der Waals surface area contributed by atoms with Crippen molar-refractivity contribution < 1.29 is 4.43 Å². The minimum Gasteiger partial charge on any atom is -0.416 e. The Bertz CT molecular complexity index is 158. The highest BCUT2D eigenvalue weighted by Crippen LogP contribution is 2.31. The second-order valence-electron chi connectivity index (χ2n) is 4.64. The fraction of sp³-hybridized carbons (Fsp3) is 1.00. The van der Waals surface area contributed by atoms with Crippen LogP contribution in [0.15, 0.2) is 0 Å². The van der Waals surface area contributed by atoms with Crippen LogP contribution in [0.1, 0.15) is 59.8 Å². The van der Waals surface area contributed by atoms with Gasteiger partial charge in [-0.2, -0.15) is 0 Å². The highest BCUT2D eigenvalue weighted by Gasteiger charge is 2.39. The Labute approximate surface area is 112 Å². The van der Waals surface area contributed by atoms with E-state index in [-0.39, 0.29) is 0 Å². The first-order valence-corrected chi connectivity index (χ1v) is 10.3. The van der Waals surface area contributed by atoms with Crippen LogP contribution < -0.4 is 0 Å². The maximum Gasteiger partial charge on any atom is 0.206 e. The second-order valence-corrected chi connectivity index (χ2v) is 10.7. The van der Waals surface area contributed by atoms with E-state index >= 15 is 0 Å². The number of hydrogen-bond acceptors (Lipinski definition) is 1. The summed E-state index contributed by atoms with van der Waals surface area (Å²) in [5.41, 5.74) is 0. The molecule has 0 radical (unpaired) electrons. The van der Waals surface area contributed by atoms with Gasteiger partial charge < -0.3 is 4.43 Å². The highest BCUT2D eigenvalue weighted by atomic mass is 79.9. The lowest BCUT2D eigenvalue weighted by Crippen LogP contribution is -2.47. The van der Waals surface area contributed by atoms with Crippen LogP contribution in [0.5, 0.6) is 0 Å². The Balaban J connectivity index is 4.50. The molecule has 0 aliphatic rings. The van der Waals surface area contributed by atoms with Crippen LogP contribution in [0.2, 0.25) is 12.1 Å². The largest absolute Gasteiger partial charge is 0.416 e. The molecule has 1 atom stereocenters. The molecule has 0 aliphatic heterocycles. The fourth-order valence-electron chi connectivity index (χ4n) is 2.31. The first kappa shape index (κ1) is 16.7. The van der Waals surface area contributed by atoms with Crippen LogP contribution in [-0.4, -0.2) is 19.4 Å². The van der Waals surface area contributed by atoms with Crippen molar-refractivity contribution in [3.63, 3.8) is 0 Å². The third-order valence-electron chi connectivity index (χ3n) is 3.16. The van der Waals surface area contributed by atoms with Crippen molar-refractivity contribution in [2.24, 2.45) is 0 Å². The van der Waals surface area contributed by atoms with Gasteiger partial charge >= 0.3 is 0 Å². The summed E-state index contributed by atoms with van der Waals surface area (Å²) in [6, 6.07) is 2.63. The van der Waals surface area contributed by atoms with E-state index in [9.17, 15) is 0 Å². The van der Waals surface area contributed by atoms with Crippen molar-refractivity contribution in [1.29, 1.82) is 0 Å². The van der Waals surface area contributed by atoms with Gasteiger partial charge in [-0.15, -0.1) is 0 Å². The van der Waals surface area contributed by atoms with E-state index in [1.807, 2.05) is 0 Å². The molecule has 0 aromatic heterocycles. The minimum absolute atomic E-state index is 0.636. The Morgan fingerprint density at radius 1 is 1.00 bits per heavy atom. The summed E-state index contributed by atoms with van der Waals surface area (Å²) in [7, 11) is -1.52. The lowest BCUT2D eigenvalue weighted by Gasteiger charge is -2.35. The lowest BCUT2D eigenvalue weighted by atomic mass is 10.4. The zero-order valence-electron chi connectivity index (χ0n) is 11.5. The first-order chi connectivity index (χ1) is 7.66. The predicted octanol–water partition coefficient (Wildman–Crippen LogP) is 5.28. The van der Waals surface area contributed by atoms with Crippen LogP contribution in [-0.2, 0) is 4.43 Å². The third kappa shape index (κ3) is 5.33. The third-order valence-corrected chi connectivity index (χ3v) is 11.3. The fourth-order valence-corrected chi connectivity index (χ4v) is 8.41. The summed E-state index contributed by atoms with van der Waals surface area (Å²) in [6.45, 7) is 10.1. The molecule has 0 aliphatic carbocycles. The Morgan fingerprint density at radius 3 is 1.94 bits per heavy atom. The van der Waals surface area contributed by atoms with Crippen LogP contribution >= 0.6 is 15.9 Å². The highest BCUT2D eigenvalue weighted by molar-refractivity contribution is 9.10. The molecule has 0 saturated heterocycles. The smallest absolute Gasteiger partial charge is 0.206 e. The van der Waals surface area contributed by atoms with Gasteiger partial charge in [0, 0.05) is 11.1 Å². The summed E-state index contributed by atoms with van der Waals surface area (Å²) >= 11 is 3.89. The monoisotopic (exact) mass is 308 g/mol. The standard InChI is InChI=1S/C13H29BrOSi/c1-5-9-10-15-16(11-6-2,12-7-3)13(14)8-4/h13H,5-12H2,1-4H3. The molecule has 1 nitrogen and oxygen atoms in total. The Hall–Kier alpha value is 0.657. The van der Waals surface area contributed by atoms with Gasteiger partial charge in [0.15, 0.2) is 0 Å². The van der Waals surface area contributed by atoms with Crippen LogP contribution in [0.25, 0.3) is 0 Å². The average Bonchev–Trinajstić information content (AvgIpc) is 2.28. The van der Waals surface area contributed by atoms with E-state index < -0.39 is 8.32 Å². The molecule has 0 aromatic rings. The van der Waals surface area contributed by atoms with Gasteiger partial charge in [-0.05, 0) is 24.9 Å². The van der Waals surface area contributed by atoms with E-state index in [1.165, 1.54) is 44.2 Å². The van der Waals surface area contributed by atoms with Gasteiger partial charge in [-0.25, -0.2) is 0 Å². The molecule has 0 aromatic carbocycles. The van der Waals surface area contributed by atoms with Gasteiger partial charge in [-0.1, -0.05) is 62.9 Å². The van der Waals surface area contributed by atoms with Gasteiger partial charge in [0.05, 0.1) is 0 Å². The number of hydrogen-bond donors (Lipinski definition) is 0. The molecule has 1 unspecified atom stereocenters. The van der Waals surface area contributed by atoms with Crippen molar-refractivity contribution in [2.45, 2.75) is 76.3 Å². The maximum absolute atomic E-state index is 6.40. The van der Waals surface area contributed by atoms with Crippen molar-refractivity contribution in [3.8, 4) is 0 Å². The number of alkyl halides is 1. The molecule has 0 heterocycles. The minimum atomic E-state index is -1.52. The van der Waals surface area contributed by atoms with Crippen molar-refractivity contribution in [3.05, 3.63) is 0 Å². The molecule has 0 fully saturated rings. The molecule has 0 N–H and O–H groups in total. The molecule has 0 saturated carbocycles. The predicted molar refractivity (Wildman–Crippen MR) is 79.8 cm³/mol. The summed E-state index contributed by atoms with van der Waals surface area (Å²) in [5.74, 6) is 0. The molecule has 0 rings (SSSR count). The number of unbranched alkanes of at least 4 members (excludes halogenated alkanes) is 1. The summed E-state index contributed by atoms with van der Waals surface area (Å²) in [4.78, 5) is 0. The molecule has 3 heteroatoms. The molecular formula is C13H29BrOSi. The Morgan fingerprint density at radius 2 is 1.56 bits per heavy atom. The van der Waals surface area contributed by atoms with E-state index in [2.05, 4.69) is 43.6 Å². The van der Waals surface area contributed by atoms with Crippen LogP contribution in [0.3, 0.4) is 0 Å². The van der Waals surface area contributed by atoms with Gasteiger partial charge in [0.1, 0.15) is 0 Å². The van der Waals surface area contributed by atoms with Crippen LogP contribution in [0, 0.1) is 0 Å². The SMILES string of the molecule is CCCCO[Si](CCC)(CCC)C(Br)CC. The normalized spacial score (nSPS) is 14.1. The summed E-state index contributed by atoms with van der Waals surface area (Å²) in [5, 5.41) is 0. The summed E-state index contributed by atoms with van der Waals surface area (Å²) in [6.07, 6.45) is 6.19. The molecular weight excluding hydrogens is 280 g/mol. The van der Waals surface area contributed by atoms with Crippen LogP contribution in [0.4, 0.5) is 0 Å². The van der Waals surface area contributed by atoms with E-state index in [0.29, 0.717) is 4.45 Å². The first-order valence-electron chi connectivity index (χ1n) is 6.94. The zero-order valence-corrected chi connectivity index (χ0v) is 14.1. The van der Waals surface area contributed by atoms with Gasteiger partial charge in [-0.3, -0.25) is 0 Å². The molecule has 16 heavy (non-hydrogen) atoms. The van der Waals surface area contributed by atoms with Crippen molar-refractivity contribution in [1.82, 2.24) is 0 Å². The van der Waals surface area contributed by atoms with Crippen molar-refractivity contribution in [2.75, 3.05) is 6.61 Å². The maximum atomic E-state index is 6.40. The molecule has 0 amide bonds. The number of halogens is 1. The molecule has 98 valence electrons. The zero-order chi connectivity index (χ0) is 12.4. The summed E-state index contributed by atoms with van der Waals surface area (Å²) < 4.78 is 7.03. The topological polar surface area (TPSA) is 9.23 Å².